The summed E-state index contributed by atoms with van der Waals surface area (Å²) >= 11 is 0. The van der Waals surface area contributed by atoms with Crippen molar-refractivity contribution in [2.45, 2.75) is 0 Å². The maximum Gasteiger partial charge on any atom is 0.155 e. The van der Waals surface area contributed by atoms with Crippen LogP contribution in [0.1, 0.15) is 5.56 Å². The number of nitrogens with one attached hydrogen (secondary N) is 2. The molecule has 0 aliphatic rings. The van der Waals surface area contributed by atoms with Gasteiger partial charge in [-0.15, -0.1) is 5.10 Å². The molecule has 6 heteroatoms. The molecule has 0 saturated heterocycles. The predicted octanol–water partition coefficient (Wildman–Crippen LogP) is 4.55. The van der Waals surface area contributed by atoms with E-state index in [1.807, 2.05) is 54.9 Å². The number of rotatable bonds is 4. The van der Waals surface area contributed by atoms with Gasteiger partial charge in [-0.25, -0.2) is 4.98 Å². The number of nitrogens with two attached hydrogens (primary N) is 1. The van der Waals surface area contributed by atoms with Gasteiger partial charge in [-0.1, -0.05) is 59.8 Å². The molecule has 2 aromatic carbocycles. The van der Waals surface area contributed by atoms with Crippen molar-refractivity contribution in [1.82, 2.24) is 9.97 Å². The number of hydrogen-bond donors (Lipinski definition) is 3. The van der Waals surface area contributed by atoms with Crippen LogP contribution >= 0.6 is 0 Å². The summed E-state index contributed by atoms with van der Waals surface area (Å²) < 4.78 is 0. The number of H-pyrrole nitrogens is 1. The second-order valence-corrected chi connectivity index (χ2v) is 5.85. The van der Waals surface area contributed by atoms with Gasteiger partial charge in [-0.2, -0.15) is 5.53 Å². The second kappa shape index (κ2) is 6.60. The topological polar surface area (TPSA) is 103 Å². The smallest absolute Gasteiger partial charge is 0.155 e. The lowest BCUT2D eigenvalue weighted by atomic mass is 10.0. The van der Waals surface area contributed by atoms with Crippen LogP contribution in [0, 0.1) is 5.53 Å². The van der Waals surface area contributed by atoms with Crippen LogP contribution in [-0.4, -0.2) is 15.8 Å². The standard InChI is InChI=1S/C20H16N6/c21-19(25-26-22)15-8-6-14(7-9-15)18-12-24-20-17(18)10-16(11-23-20)13-4-2-1-3-5-13/h1-12H,(H,23,24)(H3,21,22,25). The first-order chi connectivity index (χ1) is 12.8. The van der Waals surface area contributed by atoms with Crippen molar-refractivity contribution in [2.75, 3.05) is 0 Å². The minimum absolute atomic E-state index is 0.221. The van der Waals surface area contributed by atoms with Gasteiger partial charge in [0.2, 0.25) is 0 Å². The lowest BCUT2D eigenvalue weighted by Crippen LogP contribution is -2.12. The van der Waals surface area contributed by atoms with Gasteiger partial charge >= 0.3 is 0 Å². The average Bonchev–Trinajstić information content (AvgIpc) is 3.12. The highest BCUT2D eigenvalue weighted by molar-refractivity contribution is 5.99. The summed E-state index contributed by atoms with van der Waals surface area (Å²) in [5, 5.41) is 7.57. The first-order valence-corrected chi connectivity index (χ1v) is 8.09. The van der Waals surface area contributed by atoms with Gasteiger partial charge in [-0.3, -0.25) is 0 Å². The molecule has 26 heavy (non-hydrogen) atoms. The number of nitrogens with zero attached hydrogens (tertiary/aromatic N) is 3. The Balaban J connectivity index is 1.77. The molecule has 0 bridgehead atoms. The van der Waals surface area contributed by atoms with Crippen LogP contribution in [-0.2, 0) is 0 Å². The van der Waals surface area contributed by atoms with E-state index in [4.69, 9.17) is 11.3 Å². The summed E-state index contributed by atoms with van der Waals surface area (Å²) in [6, 6.07) is 20.0. The SMILES string of the molecule is N=N/N=C(\N)c1ccc(-c2c[nH]c3ncc(-c4ccccc4)cc23)cc1. The summed E-state index contributed by atoms with van der Waals surface area (Å²) in [7, 11) is 0. The average molecular weight is 340 g/mol. The highest BCUT2D eigenvalue weighted by atomic mass is 15.3. The van der Waals surface area contributed by atoms with Crippen molar-refractivity contribution < 1.29 is 0 Å². The molecule has 0 radical (unpaired) electrons. The molecular formula is C20H16N6. The van der Waals surface area contributed by atoms with Crippen LogP contribution in [0.25, 0.3) is 33.3 Å². The van der Waals surface area contributed by atoms with E-state index in [0.29, 0.717) is 0 Å². The van der Waals surface area contributed by atoms with Gasteiger partial charge < -0.3 is 10.7 Å². The van der Waals surface area contributed by atoms with Gasteiger partial charge in [0.15, 0.2) is 5.84 Å². The number of pyridine rings is 1. The van der Waals surface area contributed by atoms with E-state index in [1.54, 1.807) is 0 Å². The molecular weight excluding hydrogens is 324 g/mol. The molecule has 0 atom stereocenters. The highest BCUT2D eigenvalue weighted by Crippen LogP contribution is 2.31. The number of amidine groups is 1. The van der Waals surface area contributed by atoms with E-state index in [9.17, 15) is 0 Å². The number of hydrogen-bond acceptors (Lipinski definition) is 3. The minimum atomic E-state index is 0.221. The van der Waals surface area contributed by atoms with Crippen LogP contribution in [0.5, 0.6) is 0 Å². The fourth-order valence-electron chi connectivity index (χ4n) is 2.96. The maximum absolute atomic E-state index is 6.77. The largest absolute Gasteiger partial charge is 0.382 e. The van der Waals surface area contributed by atoms with E-state index in [-0.39, 0.29) is 5.84 Å². The zero-order valence-electron chi connectivity index (χ0n) is 13.8. The van der Waals surface area contributed by atoms with Gasteiger partial charge in [-0.05, 0) is 17.2 Å². The molecule has 2 aromatic heterocycles. The summed E-state index contributed by atoms with van der Waals surface area (Å²) in [5.41, 5.74) is 18.4. The highest BCUT2D eigenvalue weighted by Gasteiger charge is 2.09. The first-order valence-electron chi connectivity index (χ1n) is 8.09. The molecule has 126 valence electrons. The lowest BCUT2D eigenvalue weighted by molar-refractivity contribution is 0.986. The Morgan fingerprint density at radius 2 is 1.73 bits per heavy atom. The van der Waals surface area contributed by atoms with Crippen molar-refractivity contribution in [3.05, 3.63) is 78.6 Å². The molecule has 4 N–H and O–H groups in total. The van der Waals surface area contributed by atoms with E-state index in [2.05, 4.69) is 38.5 Å². The van der Waals surface area contributed by atoms with Crippen molar-refractivity contribution in [1.29, 1.82) is 5.53 Å². The normalized spacial score (nSPS) is 11.6. The van der Waals surface area contributed by atoms with E-state index in [1.165, 1.54) is 0 Å². The van der Waals surface area contributed by atoms with Crippen molar-refractivity contribution in [2.24, 2.45) is 16.1 Å². The summed E-state index contributed by atoms with van der Waals surface area (Å²) in [6.45, 7) is 0. The van der Waals surface area contributed by atoms with Gasteiger partial charge in [0.05, 0.1) is 0 Å². The van der Waals surface area contributed by atoms with Crippen LogP contribution in [0.15, 0.2) is 83.4 Å². The van der Waals surface area contributed by atoms with Crippen LogP contribution < -0.4 is 5.73 Å². The molecule has 0 saturated carbocycles. The Hall–Kier alpha value is -3.80. The summed E-state index contributed by atoms with van der Waals surface area (Å²) in [6.07, 6.45) is 3.83. The third kappa shape index (κ3) is 2.84. The predicted molar refractivity (Wildman–Crippen MR) is 103 cm³/mol. The van der Waals surface area contributed by atoms with Crippen LogP contribution in [0.3, 0.4) is 0 Å². The number of aromatic nitrogens is 2. The lowest BCUT2D eigenvalue weighted by Gasteiger charge is -2.04. The fraction of sp³-hybridized carbons (Fsp3) is 0. The Bertz CT molecular complexity index is 1090. The van der Waals surface area contributed by atoms with E-state index < -0.39 is 0 Å². The third-order valence-corrected chi connectivity index (χ3v) is 4.29. The molecule has 0 spiro atoms. The van der Waals surface area contributed by atoms with Crippen molar-refractivity contribution in [3.63, 3.8) is 0 Å². The summed E-state index contributed by atoms with van der Waals surface area (Å²) in [5.74, 6) is 0.221. The Kier molecular flexibility index (Phi) is 3.99. The molecule has 0 fully saturated rings. The monoisotopic (exact) mass is 340 g/mol. The van der Waals surface area contributed by atoms with E-state index >= 15 is 0 Å². The van der Waals surface area contributed by atoms with E-state index in [0.717, 1.165) is 38.9 Å². The summed E-state index contributed by atoms with van der Waals surface area (Å²) in [4.78, 5) is 7.77. The zero-order chi connectivity index (χ0) is 17.9. The molecule has 0 aliphatic carbocycles. The van der Waals surface area contributed by atoms with Gasteiger partial charge in [0.1, 0.15) is 5.65 Å². The Morgan fingerprint density at radius 3 is 2.46 bits per heavy atom. The van der Waals surface area contributed by atoms with Gasteiger partial charge in [0, 0.05) is 34.5 Å². The Labute approximate surface area is 149 Å². The van der Waals surface area contributed by atoms with Crippen molar-refractivity contribution in [3.8, 4) is 22.3 Å². The fourth-order valence-corrected chi connectivity index (χ4v) is 2.96. The first kappa shape index (κ1) is 15.7. The number of benzene rings is 2. The zero-order valence-corrected chi connectivity index (χ0v) is 13.8. The third-order valence-electron chi connectivity index (χ3n) is 4.29. The molecule has 2 heterocycles. The molecule has 0 aliphatic heterocycles. The van der Waals surface area contributed by atoms with Crippen molar-refractivity contribution >= 4 is 16.9 Å². The molecule has 4 aromatic rings. The quantitative estimate of drug-likeness (QED) is 0.219. The Morgan fingerprint density at radius 1 is 0.962 bits per heavy atom. The number of fused-ring (bicyclic) bond motifs is 1. The maximum atomic E-state index is 6.77. The molecule has 6 nitrogen and oxygen atoms in total. The molecule has 0 amide bonds. The number of aromatic amines is 1. The van der Waals surface area contributed by atoms with Gasteiger partial charge in [0.25, 0.3) is 0 Å². The molecule has 0 unspecified atom stereocenters. The molecule has 4 rings (SSSR count). The second-order valence-electron chi connectivity index (χ2n) is 5.85. The van der Waals surface area contributed by atoms with Crippen LogP contribution in [0.4, 0.5) is 0 Å². The van der Waals surface area contributed by atoms with Crippen LogP contribution in [0.2, 0.25) is 0 Å². The minimum Gasteiger partial charge on any atom is -0.382 e.